The monoisotopic (exact) mass is 232 g/mol. The number of carbonyl (C=O) groups is 1. The molecule has 2 aromatic rings. The van der Waals surface area contributed by atoms with Crippen LogP contribution in [0.1, 0.15) is 10.5 Å². The van der Waals surface area contributed by atoms with E-state index in [2.05, 4.69) is 4.98 Å². The van der Waals surface area contributed by atoms with Crippen molar-refractivity contribution in [2.24, 2.45) is 5.73 Å². The van der Waals surface area contributed by atoms with Crippen molar-refractivity contribution in [3.05, 3.63) is 53.2 Å². The maximum Gasteiger partial charge on any atom is 0.267 e. The van der Waals surface area contributed by atoms with Crippen LogP contribution < -0.4 is 5.73 Å². The molecule has 1 aromatic heterocycles. The predicted molar refractivity (Wildman–Crippen MR) is 63.2 cm³/mol. The average molecular weight is 233 g/mol. The van der Waals surface area contributed by atoms with Crippen molar-refractivity contribution in [1.82, 2.24) is 4.98 Å². The Morgan fingerprint density at radius 3 is 2.50 bits per heavy atom. The maximum absolute atomic E-state index is 11.0. The van der Waals surface area contributed by atoms with Gasteiger partial charge in [-0.1, -0.05) is 41.9 Å². The first-order chi connectivity index (χ1) is 7.66. The summed E-state index contributed by atoms with van der Waals surface area (Å²) >= 11 is 5.90. The van der Waals surface area contributed by atoms with Crippen molar-refractivity contribution in [2.45, 2.75) is 0 Å². The van der Waals surface area contributed by atoms with Crippen LogP contribution in [-0.4, -0.2) is 10.9 Å². The van der Waals surface area contributed by atoms with Crippen molar-refractivity contribution >= 4 is 17.5 Å². The van der Waals surface area contributed by atoms with Crippen LogP contribution in [0.15, 0.2) is 42.5 Å². The van der Waals surface area contributed by atoms with Gasteiger partial charge in [-0.15, -0.1) is 0 Å². The fraction of sp³-hybridized carbons (Fsp3) is 0. The third-order valence-electron chi connectivity index (χ3n) is 2.11. The van der Waals surface area contributed by atoms with Crippen LogP contribution in [0.25, 0.3) is 11.3 Å². The van der Waals surface area contributed by atoms with E-state index in [-0.39, 0.29) is 5.69 Å². The van der Waals surface area contributed by atoms with Crippen LogP contribution >= 0.6 is 11.6 Å². The minimum Gasteiger partial charge on any atom is -0.364 e. The smallest absolute Gasteiger partial charge is 0.267 e. The van der Waals surface area contributed by atoms with Crippen molar-refractivity contribution < 1.29 is 4.79 Å². The normalized spacial score (nSPS) is 10.1. The van der Waals surface area contributed by atoms with E-state index in [1.807, 2.05) is 30.3 Å². The van der Waals surface area contributed by atoms with E-state index >= 15 is 0 Å². The van der Waals surface area contributed by atoms with E-state index in [0.717, 1.165) is 5.56 Å². The summed E-state index contributed by atoms with van der Waals surface area (Å²) in [7, 11) is 0. The highest BCUT2D eigenvalue weighted by Crippen LogP contribution is 2.21. The molecule has 0 spiro atoms. The first-order valence-electron chi connectivity index (χ1n) is 4.69. The van der Waals surface area contributed by atoms with Gasteiger partial charge in [0, 0.05) is 10.6 Å². The fourth-order valence-corrected chi connectivity index (χ4v) is 1.59. The molecule has 0 aliphatic heterocycles. The fourth-order valence-electron chi connectivity index (χ4n) is 1.38. The zero-order valence-corrected chi connectivity index (χ0v) is 9.11. The number of nitrogens with two attached hydrogens (primary N) is 1. The minimum atomic E-state index is -0.584. The van der Waals surface area contributed by atoms with Gasteiger partial charge in [0.2, 0.25) is 0 Å². The zero-order valence-electron chi connectivity index (χ0n) is 8.35. The van der Waals surface area contributed by atoms with Gasteiger partial charge >= 0.3 is 0 Å². The summed E-state index contributed by atoms with van der Waals surface area (Å²) in [6.45, 7) is 0. The summed E-state index contributed by atoms with van der Waals surface area (Å²) in [5.74, 6) is -0.584. The molecule has 0 atom stereocenters. The van der Waals surface area contributed by atoms with E-state index in [0.29, 0.717) is 10.7 Å². The summed E-state index contributed by atoms with van der Waals surface area (Å²) in [4.78, 5) is 15.2. The van der Waals surface area contributed by atoms with E-state index in [9.17, 15) is 4.79 Å². The van der Waals surface area contributed by atoms with Crippen LogP contribution in [0.5, 0.6) is 0 Å². The van der Waals surface area contributed by atoms with Gasteiger partial charge in [-0.05, 0) is 12.1 Å². The SMILES string of the molecule is NC(=O)c1cc(Cl)cc(-c2ccccc2)n1. The summed E-state index contributed by atoms with van der Waals surface area (Å²) in [5.41, 5.74) is 6.88. The van der Waals surface area contributed by atoms with Gasteiger partial charge in [0.1, 0.15) is 5.69 Å². The number of carbonyl (C=O) groups excluding carboxylic acids is 1. The van der Waals surface area contributed by atoms with Gasteiger partial charge in [0.25, 0.3) is 5.91 Å². The number of nitrogens with zero attached hydrogens (tertiary/aromatic N) is 1. The van der Waals surface area contributed by atoms with Crippen molar-refractivity contribution in [3.8, 4) is 11.3 Å². The lowest BCUT2D eigenvalue weighted by Crippen LogP contribution is -2.13. The molecule has 0 saturated carbocycles. The second-order valence-corrected chi connectivity index (χ2v) is 3.72. The topological polar surface area (TPSA) is 56.0 Å². The van der Waals surface area contributed by atoms with Crippen LogP contribution in [-0.2, 0) is 0 Å². The molecule has 0 saturated heterocycles. The second kappa shape index (κ2) is 4.33. The highest BCUT2D eigenvalue weighted by molar-refractivity contribution is 6.31. The third-order valence-corrected chi connectivity index (χ3v) is 2.33. The number of benzene rings is 1. The van der Waals surface area contributed by atoms with Crippen LogP contribution in [0.2, 0.25) is 5.02 Å². The molecule has 16 heavy (non-hydrogen) atoms. The van der Waals surface area contributed by atoms with Crippen molar-refractivity contribution in [3.63, 3.8) is 0 Å². The molecule has 2 N–H and O–H groups in total. The van der Waals surface area contributed by atoms with Gasteiger partial charge < -0.3 is 5.73 Å². The third kappa shape index (κ3) is 2.20. The summed E-state index contributed by atoms with van der Waals surface area (Å²) < 4.78 is 0. The van der Waals surface area contributed by atoms with Crippen LogP contribution in [0.3, 0.4) is 0 Å². The Hall–Kier alpha value is -1.87. The van der Waals surface area contributed by atoms with E-state index < -0.39 is 5.91 Å². The molecule has 0 aliphatic rings. The molecule has 0 fully saturated rings. The number of hydrogen-bond donors (Lipinski definition) is 1. The Labute approximate surface area is 97.9 Å². The average Bonchev–Trinajstić information content (AvgIpc) is 2.29. The van der Waals surface area contributed by atoms with Gasteiger partial charge in [-0.3, -0.25) is 4.79 Å². The maximum atomic E-state index is 11.0. The second-order valence-electron chi connectivity index (χ2n) is 3.29. The highest BCUT2D eigenvalue weighted by atomic mass is 35.5. The molecule has 1 aromatic carbocycles. The van der Waals surface area contributed by atoms with Gasteiger partial charge in [0.05, 0.1) is 5.69 Å². The van der Waals surface area contributed by atoms with Gasteiger partial charge in [0.15, 0.2) is 0 Å². The number of amides is 1. The Morgan fingerprint density at radius 1 is 1.19 bits per heavy atom. The number of hydrogen-bond acceptors (Lipinski definition) is 2. The molecule has 0 aliphatic carbocycles. The van der Waals surface area contributed by atoms with Crippen LogP contribution in [0, 0.1) is 0 Å². The molecule has 1 amide bonds. The molecular formula is C12H9ClN2O. The lowest BCUT2D eigenvalue weighted by Gasteiger charge is -2.03. The molecule has 80 valence electrons. The molecule has 1 heterocycles. The molecule has 0 radical (unpaired) electrons. The lowest BCUT2D eigenvalue weighted by molar-refractivity contribution is 0.0995. The van der Waals surface area contributed by atoms with E-state index in [4.69, 9.17) is 17.3 Å². The quantitative estimate of drug-likeness (QED) is 0.865. The van der Waals surface area contributed by atoms with Crippen molar-refractivity contribution in [2.75, 3.05) is 0 Å². The van der Waals surface area contributed by atoms with Crippen molar-refractivity contribution in [1.29, 1.82) is 0 Å². The predicted octanol–water partition coefficient (Wildman–Crippen LogP) is 2.50. The summed E-state index contributed by atoms with van der Waals surface area (Å²) in [5, 5.41) is 0.447. The van der Waals surface area contributed by atoms with E-state index in [1.54, 1.807) is 6.07 Å². The zero-order chi connectivity index (χ0) is 11.5. The van der Waals surface area contributed by atoms with Crippen LogP contribution in [0.4, 0.5) is 0 Å². The molecule has 4 heteroatoms. The Morgan fingerprint density at radius 2 is 1.88 bits per heavy atom. The Bertz CT molecular complexity index is 526. The molecule has 0 bridgehead atoms. The standard InChI is InChI=1S/C12H9ClN2O/c13-9-6-10(8-4-2-1-3-5-8)15-11(7-9)12(14)16/h1-7H,(H2,14,16). The number of pyridine rings is 1. The van der Waals surface area contributed by atoms with Gasteiger partial charge in [-0.25, -0.2) is 4.98 Å². The van der Waals surface area contributed by atoms with Gasteiger partial charge in [-0.2, -0.15) is 0 Å². The Kier molecular flexibility index (Phi) is 2.88. The number of rotatable bonds is 2. The van der Waals surface area contributed by atoms with E-state index in [1.165, 1.54) is 6.07 Å². The first-order valence-corrected chi connectivity index (χ1v) is 5.07. The molecular weight excluding hydrogens is 224 g/mol. The summed E-state index contributed by atoms with van der Waals surface area (Å²) in [6.07, 6.45) is 0. The summed E-state index contributed by atoms with van der Waals surface area (Å²) in [6, 6.07) is 12.6. The molecule has 3 nitrogen and oxygen atoms in total. The molecule has 0 unspecified atom stereocenters. The largest absolute Gasteiger partial charge is 0.364 e. The lowest BCUT2D eigenvalue weighted by atomic mass is 10.1. The first kappa shape index (κ1) is 10.6. The Balaban J connectivity index is 2.54. The highest BCUT2D eigenvalue weighted by Gasteiger charge is 2.07. The number of primary amides is 1. The number of aromatic nitrogens is 1. The minimum absolute atomic E-state index is 0.173. The number of halogens is 1. The molecule has 2 rings (SSSR count).